The molecule has 2 amide bonds. The molecule has 0 atom stereocenters. The van der Waals surface area contributed by atoms with E-state index in [0.29, 0.717) is 37.9 Å². The van der Waals surface area contributed by atoms with Crippen LogP contribution in [0.1, 0.15) is 41.3 Å². The number of piperazine rings is 1. The first-order valence-electron chi connectivity index (χ1n) is 12.3. The van der Waals surface area contributed by atoms with Gasteiger partial charge in [0.25, 0.3) is 5.91 Å². The van der Waals surface area contributed by atoms with Crippen molar-refractivity contribution in [2.75, 3.05) is 38.0 Å². The van der Waals surface area contributed by atoms with Crippen LogP contribution < -0.4 is 5.32 Å². The van der Waals surface area contributed by atoms with Gasteiger partial charge in [-0.15, -0.1) is 0 Å². The molecule has 39 heavy (non-hydrogen) atoms. The average Bonchev–Trinajstić information content (AvgIpc) is 2.93. The zero-order chi connectivity index (χ0) is 28.4. The molecule has 2 heterocycles. The van der Waals surface area contributed by atoms with Gasteiger partial charge in [-0.1, -0.05) is 35.5 Å². The molecule has 0 unspecified atom stereocenters. The van der Waals surface area contributed by atoms with E-state index in [0.717, 1.165) is 42.2 Å². The molecule has 2 aliphatic heterocycles. The van der Waals surface area contributed by atoms with Gasteiger partial charge < -0.3 is 25.3 Å². The van der Waals surface area contributed by atoms with Crippen molar-refractivity contribution in [3.05, 3.63) is 65.2 Å². The highest BCUT2D eigenvalue weighted by Gasteiger charge is 2.24. The Morgan fingerprint density at radius 1 is 0.923 bits per heavy atom. The monoisotopic (exact) mass is 538 g/mol. The van der Waals surface area contributed by atoms with Crippen LogP contribution in [-0.2, 0) is 30.4 Å². The predicted octanol–water partition coefficient (Wildman–Crippen LogP) is 1.84. The molecule has 2 aromatic carbocycles. The van der Waals surface area contributed by atoms with Crippen molar-refractivity contribution < 1.29 is 39.0 Å². The van der Waals surface area contributed by atoms with Gasteiger partial charge in [0.15, 0.2) is 0 Å². The Kier molecular flexibility index (Phi) is 10.3. The summed E-state index contributed by atoms with van der Waals surface area (Å²) in [6, 6.07) is 15.2. The van der Waals surface area contributed by atoms with Crippen molar-refractivity contribution >= 4 is 41.1 Å². The summed E-state index contributed by atoms with van der Waals surface area (Å²) in [5.74, 6) is -4.05. The van der Waals surface area contributed by atoms with E-state index >= 15 is 0 Å². The second kappa shape index (κ2) is 13.8. The summed E-state index contributed by atoms with van der Waals surface area (Å²) in [4.78, 5) is 63.0. The SMILES string of the molecule is CC(=O)O/N=C(/CCN1CCN(C(=O)c2ccc3c(c2)CCC(=O)N3)CC1)c1ccccc1.O=C(O)C(=O)O. The summed E-state index contributed by atoms with van der Waals surface area (Å²) in [6.45, 7) is 4.92. The number of carbonyl (C=O) groups is 5. The molecular weight excluding hydrogens is 508 g/mol. The Bertz CT molecular complexity index is 1240. The number of oxime groups is 1. The second-order valence-corrected chi connectivity index (χ2v) is 8.90. The number of nitrogens with one attached hydrogen (secondary N) is 1. The topological polar surface area (TPSA) is 166 Å². The van der Waals surface area contributed by atoms with E-state index in [1.807, 2.05) is 47.4 Å². The molecule has 12 heteroatoms. The number of anilines is 1. The molecule has 3 N–H and O–H groups in total. The molecule has 0 radical (unpaired) electrons. The van der Waals surface area contributed by atoms with Gasteiger partial charge in [0.2, 0.25) is 5.91 Å². The third-order valence-electron chi connectivity index (χ3n) is 6.15. The van der Waals surface area contributed by atoms with Crippen LogP contribution in [0.5, 0.6) is 0 Å². The number of carboxylic acid groups (broad SMARTS) is 2. The van der Waals surface area contributed by atoms with Crippen LogP contribution in [0, 0.1) is 0 Å². The average molecular weight is 539 g/mol. The third kappa shape index (κ3) is 8.75. The molecule has 4 rings (SSSR count). The van der Waals surface area contributed by atoms with Gasteiger partial charge in [0.05, 0.1) is 5.71 Å². The number of rotatable bonds is 6. The molecule has 0 spiro atoms. The minimum Gasteiger partial charge on any atom is -0.473 e. The van der Waals surface area contributed by atoms with E-state index in [1.165, 1.54) is 6.92 Å². The van der Waals surface area contributed by atoms with E-state index < -0.39 is 17.9 Å². The maximum absolute atomic E-state index is 13.0. The number of carbonyl (C=O) groups excluding carboxylic acids is 3. The lowest BCUT2D eigenvalue weighted by Gasteiger charge is -2.35. The Hall–Kier alpha value is -4.58. The summed E-state index contributed by atoms with van der Waals surface area (Å²) < 4.78 is 0. The molecule has 0 saturated carbocycles. The first-order chi connectivity index (χ1) is 18.6. The summed E-state index contributed by atoms with van der Waals surface area (Å²) in [7, 11) is 0. The lowest BCUT2D eigenvalue weighted by Crippen LogP contribution is -2.49. The fourth-order valence-corrected chi connectivity index (χ4v) is 4.13. The first kappa shape index (κ1) is 29.0. The van der Waals surface area contributed by atoms with E-state index in [9.17, 15) is 14.4 Å². The quantitative estimate of drug-likeness (QED) is 0.215. The number of carboxylic acids is 2. The van der Waals surface area contributed by atoms with Gasteiger partial charge in [-0.3, -0.25) is 14.5 Å². The lowest BCUT2D eigenvalue weighted by atomic mass is 10.00. The van der Waals surface area contributed by atoms with Gasteiger partial charge in [0.1, 0.15) is 0 Å². The highest BCUT2D eigenvalue weighted by molar-refractivity contribution is 6.27. The highest BCUT2D eigenvalue weighted by atomic mass is 16.7. The number of hydrogen-bond donors (Lipinski definition) is 3. The molecular formula is C27H30N4O8. The number of aryl methyl sites for hydroxylation is 1. The maximum atomic E-state index is 13.0. The smallest absolute Gasteiger partial charge is 0.414 e. The molecule has 206 valence electrons. The Morgan fingerprint density at radius 2 is 1.59 bits per heavy atom. The number of amides is 2. The number of benzene rings is 2. The normalized spacial score (nSPS) is 15.3. The van der Waals surface area contributed by atoms with Gasteiger partial charge >= 0.3 is 17.9 Å². The first-order valence-corrected chi connectivity index (χ1v) is 12.3. The van der Waals surface area contributed by atoms with Crippen molar-refractivity contribution in [2.45, 2.75) is 26.2 Å². The summed E-state index contributed by atoms with van der Waals surface area (Å²) in [6.07, 6.45) is 1.76. The van der Waals surface area contributed by atoms with Gasteiger partial charge in [0, 0.05) is 63.7 Å². The highest BCUT2D eigenvalue weighted by Crippen LogP contribution is 2.24. The van der Waals surface area contributed by atoms with Gasteiger partial charge in [-0.25, -0.2) is 14.4 Å². The standard InChI is InChI=1S/C25H28N4O4.C2H2O4/c1-18(30)33-27-23(19-5-3-2-4-6-19)11-12-28-13-15-29(16-14-28)25(32)21-7-9-22-20(17-21)8-10-24(31)26-22;3-1(4)2(5)6/h2-7,9,17H,8,10-16H2,1H3,(H,26,31);(H,3,4)(H,5,6)/b27-23-;. The molecule has 1 saturated heterocycles. The maximum Gasteiger partial charge on any atom is 0.414 e. The fraction of sp³-hybridized carbons (Fsp3) is 0.333. The van der Waals surface area contributed by atoms with E-state index in [1.54, 1.807) is 6.07 Å². The molecule has 2 aromatic rings. The Morgan fingerprint density at radius 3 is 2.21 bits per heavy atom. The predicted molar refractivity (Wildman–Crippen MR) is 140 cm³/mol. The minimum atomic E-state index is -1.82. The zero-order valence-corrected chi connectivity index (χ0v) is 21.5. The van der Waals surface area contributed by atoms with Crippen molar-refractivity contribution in [3.8, 4) is 0 Å². The second-order valence-electron chi connectivity index (χ2n) is 8.90. The van der Waals surface area contributed by atoms with Crippen LogP contribution in [0.2, 0.25) is 0 Å². The number of fused-ring (bicyclic) bond motifs is 1. The number of nitrogens with zero attached hydrogens (tertiary/aromatic N) is 3. The molecule has 2 aliphatic rings. The fourth-order valence-electron chi connectivity index (χ4n) is 4.13. The van der Waals surface area contributed by atoms with Crippen molar-refractivity contribution in [1.82, 2.24) is 9.80 Å². The number of hydrogen-bond acceptors (Lipinski definition) is 8. The largest absolute Gasteiger partial charge is 0.473 e. The third-order valence-corrected chi connectivity index (χ3v) is 6.15. The van der Waals surface area contributed by atoms with Crippen molar-refractivity contribution in [3.63, 3.8) is 0 Å². The molecule has 12 nitrogen and oxygen atoms in total. The van der Waals surface area contributed by atoms with Crippen LogP contribution in [-0.4, -0.2) is 88.2 Å². The van der Waals surface area contributed by atoms with Crippen LogP contribution >= 0.6 is 0 Å². The van der Waals surface area contributed by atoms with E-state index in [2.05, 4.69) is 15.4 Å². The Balaban J connectivity index is 0.000000631. The molecule has 1 fully saturated rings. The summed E-state index contributed by atoms with van der Waals surface area (Å²) in [5, 5.41) is 21.7. The van der Waals surface area contributed by atoms with Crippen LogP contribution in [0.15, 0.2) is 53.7 Å². The summed E-state index contributed by atoms with van der Waals surface area (Å²) in [5.41, 5.74) is 4.14. The van der Waals surface area contributed by atoms with Crippen molar-refractivity contribution in [2.24, 2.45) is 5.16 Å². The van der Waals surface area contributed by atoms with Crippen LogP contribution in [0.25, 0.3) is 0 Å². The minimum absolute atomic E-state index is 0.0195. The zero-order valence-electron chi connectivity index (χ0n) is 21.5. The van der Waals surface area contributed by atoms with E-state index in [-0.39, 0.29) is 11.8 Å². The van der Waals surface area contributed by atoms with E-state index in [4.69, 9.17) is 24.6 Å². The van der Waals surface area contributed by atoms with Crippen molar-refractivity contribution in [1.29, 1.82) is 0 Å². The van der Waals surface area contributed by atoms with Crippen LogP contribution in [0.3, 0.4) is 0 Å². The molecule has 0 bridgehead atoms. The molecule has 0 aliphatic carbocycles. The number of aliphatic carboxylic acids is 2. The summed E-state index contributed by atoms with van der Waals surface area (Å²) >= 11 is 0. The lowest BCUT2D eigenvalue weighted by molar-refractivity contribution is -0.159. The molecule has 0 aromatic heterocycles. The van der Waals surface area contributed by atoms with Gasteiger partial charge in [-0.05, 0) is 35.7 Å². The Labute approximate surface area is 224 Å². The van der Waals surface area contributed by atoms with Crippen LogP contribution in [0.4, 0.5) is 5.69 Å². The van der Waals surface area contributed by atoms with Gasteiger partial charge in [-0.2, -0.15) is 0 Å².